The summed E-state index contributed by atoms with van der Waals surface area (Å²) < 4.78 is 6.84. The van der Waals surface area contributed by atoms with Crippen molar-refractivity contribution in [2.24, 2.45) is 0 Å². The highest BCUT2D eigenvalue weighted by Gasteiger charge is 2.29. The third-order valence-electron chi connectivity index (χ3n) is 4.33. The van der Waals surface area contributed by atoms with Gasteiger partial charge in [-0.2, -0.15) is 4.98 Å². The summed E-state index contributed by atoms with van der Waals surface area (Å²) in [5.74, 6) is 2.43. The molecule has 0 unspecified atom stereocenters. The zero-order chi connectivity index (χ0) is 18.5. The lowest BCUT2D eigenvalue weighted by molar-refractivity contribution is 0.198. The smallest absolute Gasteiger partial charge is 0.248 e. The molecule has 10 heteroatoms. The number of hydrogen-bond donors (Lipinski definition) is 1. The van der Waals surface area contributed by atoms with Gasteiger partial charge in [0.1, 0.15) is 12.4 Å². The van der Waals surface area contributed by atoms with Crippen LogP contribution in [0.3, 0.4) is 0 Å². The van der Waals surface area contributed by atoms with Crippen LogP contribution in [0.15, 0.2) is 4.52 Å². The van der Waals surface area contributed by atoms with Gasteiger partial charge in [-0.05, 0) is 13.3 Å². The first-order chi connectivity index (χ1) is 12.3. The van der Waals surface area contributed by atoms with E-state index in [1.165, 1.54) is 0 Å². The van der Waals surface area contributed by atoms with Crippen LogP contribution in [0.1, 0.15) is 44.7 Å². The van der Waals surface area contributed by atoms with Crippen molar-refractivity contribution in [3.63, 3.8) is 0 Å². The molecule has 0 aliphatic carbocycles. The molecule has 0 amide bonds. The molecule has 0 aromatic carbocycles. The zero-order valence-electron chi connectivity index (χ0n) is 15.3. The number of nitrogens with zero attached hydrogens (tertiary/aromatic N) is 8. The van der Waals surface area contributed by atoms with Gasteiger partial charge in [0.05, 0.1) is 6.10 Å². The van der Waals surface area contributed by atoms with E-state index in [9.17, 15) is 5.11 Å². The van der Waals surface area contributed by atoms with Gasteiger partial charge in [-0.15, -0.1) is 5.10 Å². The van der Waals surface area contributed by atoms with Crippen molar-refractivity contribution in [2.75, 3.05) is 18.0 Å². The second kappa shape index (κ2) is 5.97. The van der Waals surface area contributed by atoms with Gasteiger partial charge in [0, 0.05) is 18.5 Å². The Kier molecular flexibility index (Phi) is 3.87. The van der Waals surface area contributed by atoms with E-state index in [2.05, 4.69) is 41.2 Å². The first-order valence-electron chi connectivity index (χ1n) is 8.65. The van der Waals surface area contributed by atoms with Crippen molar-refractivity contribution in [3.8, 4) is 0 Å². The maximum Gasteiger partial charge on any atom is 0.248 e. The molecule has 0 radical (unpaired) electrons. The second-order valence-corrected chi connectivity index (χ2v) is 7.66. The zero-order valence-corrected chi connectivity index (χ0v) is 15.3. The molecule has 1 N–H and O–H groups in total. The van der Waals surface area contributed by atoms with Crippen LogP contribution in [0, 0.1) is 6.92 Å². The normalized spacial score (nSPS) is 18.2. The minimum absolute atomic E-state index is 0.239. The van der Waals surface area contributed by atoms with Crippen LogP contribution in [0.5, 0.6) is 0 Å². The van der Waals surface area contributed by atoms with Crippen molar-refractivity contribution in [1.29, 1.82) is 0 Å². The fraction of sp³-hybridized carbons (Fsp3) is 0.625. The third kappa shape index (κ3) is 3.00. The molecule has 0 saturated carbocycles. The van der Waals surface area contributed by atoms with Crippen LogP contribution >= 0.6 is 0 Å². The van der Waals surface area contributed by atoms with Gasteiger partial charge in [-0.25, -0.2) is 14.6 Å². The summed E-state index contributed by atoms with van der Waals surface area (Å²) in [6.45, 7) is 9.51. The van der Waals surface area contributed by atoms with E-state index in [1.54, 1.807) is 11.6 Å². The monoisotopic (exact) mass is 358 g/mol. The lowest BCUT2D eigenvalue weighted by atomic mass is 9.96. The number of fused-ring (bicyclic) bond motifs is 1. The van der Waals surface area contributed by atoms with Crippen LogP contribution in [0.2, 0.25) is 0 Å². The predicted octanol–water partition coefficient (Wildman–Crippen LogP) is 0.830. The lowest BCUT2D eigenvalue weighted by Crippen LogP contribution is -2.25. The quantitative estimate of drug-likeness (QED) is 0.726. The highest BCUT2D eigenvalue weighted by molar-refractivity contribution is 5.83. The van der Waals surface area contributed by atoms with Gasteiger partial charge in [0.15, 0.2) is 22.8 Å². The topological polar surface area (TPSA) is 119 Å². The minimum Gasteiger partial charge on any atom is -0.391 e. The van der Waals surface area contributed by atoms with Gasteiger partial charge >= 0.3 is 0 Å². The third-order valence-corrected chi connectivity index (χ3v) is 4.33. The summed E-state index contributed by atoms with van der Waals surface area (Å²) in [7, 11) is 0. The molecule has 1 saturated heterocycles. The Morgan fingerprint density at radius 2 is 2.04 bits per heavy atom. The second-order valence-electron chi connectivity index (χ2n) is 7.66. The Hall–Kier alpha value is -2.62. The summed E-state index contributed by atoms with van der Waals surface area (Å²) in [6, 6.07) is 0. The molecule has 26 heavy (non-hydrogen) atoms. The molecule has 1 fully saturated rings. The van der Waals surface area contributed by atoms with Crippen LogP contribution in [-0.4, -0.2) is 59.4 Å². The largest absolute Gasteiger partial charge is 0.391 e. The van der Waals surface area contributed by atoms with Crippen LogP contribution in [-0.2, 0) is 12.0 Å². The van der Waals surface area contributed by atoms with Crippen LogP contribution in [0.4, 0.5) is 5.82 Å². The van der Waals surface area contributed by atoms with E-state index in [1.807, 2.05) is 4.90 Å². The molecule has 1 aliphatic rings. The van der Waals surface area contributed by atoms with E-state index in [4.69, 9.17) is 14.5 Å². The maximum atomic E-state index is 9.91. The van der Waals surface area contributed by atoms with Crippen molar-refractivity contribution >= 4 is 17.0 Å². The average molecular weight is 358 g/mol. The highest BCUT2D eigenvalue weighted by atomic mass is 16.5. The summed E-state index contributed by atoms with van der Waals surface area (Å²) >= 11 is 0. The first-order valence-corrected chi connectivity index (χ1v) is 8.65. The summed E-state index contributed by atoms with van der Waals surface area (Å²) in [5.41, 5.74) is 0.998. The fourth-order valence-corrected chi connectivity index (χ4v) is 2.97. The average Bonchev–Trinajstić information content (AvgIpc) is 3.27. The van der Waals surface area contributed by atoms with Gasteiger partial charge < -0.3 is 14.5 Å². The number of aromatic nitrogens is 7. The minimum atomic E-state index is -0.352. The Morgan fingerprint density at radius 1 is 1.23 bits per heavy atom. The summed E-state index contributed by atoms with van der Waals surface area (Å²) in [5, 5.41) is 22.2. The highest BCUT2D eigenvalue weighted by Crippen LogP contribution is 2.29. The Balaban J connectivity index is 1.82. The molecule has 1 atom stereocenters. The molecule has 0 spiro atoms. The van der Waals surface area contributed by atoms with Crippen LogP contribution < -0.4 is 4.90 Å². The van der Waals surface area contributed by atoms with E-state index in [0.717, 1.165) is 6.54 Å². The van der Waals surface area contributed by atoms with Crippen molar-refractivity contribution in [3.05, 3.63) is 17.5 Å². The van der Waals surface area contributed by atoms with E-state index in [0.29, 0.717) is 54.0 Å². The van der Waals surface area contributed by atoms with Crippen molar-refractivity contribution in [2.45, 2.75) is 52.2 Å². The molecule has 10 nitrogen and oxygen atoms in total. The summed E-state index contributed by atoms with van der Waals surface area (Å²) in [6.07, 6.45) is 0.362. The molecular weight excluding hydrogens is 336 g/mol. The van der Waals surface area contributed by atoms with E-state index >= 15 is 0 Å². The first kappa shape index (κ1) is 16.8. The van der Waals surface area contributed by atoms with Gasteiger partial charge in [-0.1, -0.05) is 31.1 Å². The number of hydrogen-bond acceptors (Lipinski definition) is 9. The lowest BCUT2D eigenvalue weighted by Gasteiger charge is -2.21. The maximum absolute atomic E-state index is 9.91. The molecule has 4 heterocycles. The van der Waals surface area contributed by atoms with Gasteiger partial charge in [0.2, 0.25) is 5.89 Å². The van der Waals surface area contributed by atoms with E-state index < -0.39 is 0 Å². The van der Waals surface area contributed by atoms with Crippen molar-refractivity contribution < 1.29 is 9.63 Å². The van der Waals surface area contributed by atoms with E-state index in [-0.39, 0.29) is 11.5 Å². The molecule has 3 aromatic heterocycles. The Labute approximate surface area is 150 Å². The number of aryl methyl sites for hydroxylation is 1. The predicted molar refractivity (Wildman–Crippen MR) is 92.8 cm³/mol. The Morgan fingerprint density at radius 3 is 2.65 bits per heavy atom. The van der Waals surface area contributed by atoms with Gasteiger partial charge in [0.25, 0.3) is 0 Å². The number of rotatable bonds is 3. The number of aliphatic hydroxyl groups excluding tert-OH is 1. The molecule has 138 valence electrons. The van der Waals surface area contributed by atoms with Crippen molar-refractivity contribution in [1.82, 2.24) is 35.1 Å². The molecule has 4 rings (SSSR count). The summed E-state index contributed by atoms with van der Waals surface area (Å²) in [4.78, 5) is 15.7. The number of aliphatic hydroxyl groups is 1. The molecule has 3 aromatic rings. The fourth-order valence-electron chi connectivity index (χ4n) is 2.97. The number of anilines is 1. The molecule has 1 aliphatic heterocycles. The molecular formula is C16H22N8O2. The molecule has 0 bridgehead atoms. The Bertz CT molecular complexity index is 942. The van der Waals surface area contributed by atoms with Gasteiger partial charge in [-0.3, -0.25) is 0 Å². The number of β-amino-alcohol motifs (C(OH)–C–C–N with tert-alkyl or cyclic N) is 1. The standard InChI is InChI=1S/C16H22N8O2/c1-9-17-11(26-21-9)8-24-14-12(20-22-24)13(23-6-5-10(25)7-23)18-15(19-14)16(2,3)4/h10,25H,5-8H2,1-4H3/t10-/m0/s1. The SMILES string of the molecule is Cc1noc(Cn2nnc3c(N4CC[C@H](O)C4)nc(C(C)(C)C)nc32)n1. The van der Waals surface area contributed by atoms with Crippen LogP contribution in [0.25, 0.3) is 11.2 Å².